The second-order valence-corrected chi connectivity index (χ2v) is 5.78. The summed E-state index contributed by atoms with van der Waals surface area (Å²) >= 11 is 5.82. The van der Waals surface area contributed by atoms with Crippen molar-refractivity contribution in [1.29, 1.82) is 0 Å². The number of halogens is 2. The zero-order valence-electron chi connectivity index (χ0n) is 11.8. The van der Waals surface area contributed by atoms with Crippen LogP contribution in [0.3, 0.4) is 0 Å². The maximum absolute atomic E-state index is 14.0. The van der Waals surface area contributed by atoms with Crippen molar-refractivity contribution in [3.8, 4) is 0 Å². The van der Waals surface area contributed by atoms with Crippen LogP contribution in [0.1, 0.15) is 27.2 Å². The maximum Gasteiger partial charge on any atom is 0.147 e. The molecule has 0 saturated carbocycles. The van der Waals surface area contributed by atoms with Crippen LogP contribution < -0.4 is 10.2 Å². The zero-order chi connectivity index (χ0) is 14.0. The first kappa shape index (κ1) is 14.6. The number of anilines is 1. The molecule has 0 radical (unpaired) electrons. The van der Waals surface area contributed by atoms with E-state index in [0.717, 1.165) is 19.5 Å². The van der Waals surface area contributed by atoms with Crippen molar-refractivity contribution in [3.05, 3.63) is 29.0 Å². The van der Waals surface area contributed by atoms with E-state index in [0.29, 0.717) is 28.7 Å². The van der Waals surface area contributed by atoms with Gasteiger partial charge in [0.15, 0.2) is 0 Å². The number of nitrogens with zero attached hydrogens (tertiary/aromatic N) is 1. The Morgan fingerprint density at radius 3 is 2.79 bits per heavy atom. The van der Waals surface area contributed by atoms with Crippen LogP contribution in [0.25, 0.3) is 0 Å². The lowest BCUT2D eigenvalue weighted by atomic mass is 9.86. The number of nitrogens with one attached hydrogen (secondary N) is 1. The summed E-state index contributed by atoms with van der Waals surface area (Å²) in [5.41, 5.74) is 0.665. The Kier molecular flexibility index (Phi) is 4.69. The van der Waals surface area contributed by atoms with Crippen molar-refractivity contribution < 1.29 is 4.39 Å². The molecular formula is C15H22ClFN2. The lowest BCUT2D eigenvalue weighted by Crippen LogP contribution is -2.53. The molecule has 0 spiro atoms. The van der Waals surface area contributed by atoms with Gasteiger partial charge in [-0.3, -0.25) is 0 Å². The Labute approximate surface area is 119 Å². The largest absolute Gasteiger partial charge is 0.366 e. The molecule has 0 aliphatic carbocycles. The van der Waals surface area contributed by atoms with Gasteiger partial charge in [0, 0.05) is 23.7 Å². The molecule has 19 heavy (non-hydrogen) atoms. The minimum absolute atomic E-state index is 0.228. The van der Waals surface area contributed by atoms with Crippen molar-refractivity contribution in [1.82, 2.24) is 5.32 Å². The number of piperidine rings is 1. The summed E-state index contributed by atoms with van der Waals surface area (Å²) in [6.45, 7) is 8.39. The molecular weight excluding hydrogens is 263 g/mol. The van der Waals surface area contributed by atoms with Gasteiger partial charge in [0.05, 0.1) is 5.69 Å². The molecule has 3 atom stereocenters. The van der Waals surface area contributed by atoms with Crippen LogP contribution in [0.5, 0.6) is 0 Å². The Balaban J connectivity index is 2.18. The van der Waals surface area contributed by atoms with E-state index in [1.807, 2.05) is 0 Å². The molecule has 1 N–H and O–H groups in total. The van der Waals surface area contributed by atoms with Crippen LogP contribution in [-0.2, 0) is 0 Å². The van der Waals surface area contributed by atoms with E-state index in [9.17, 15) is 4.39 Å². The smallest absolute Gasteiger partial charge is 0.147 e. The van der Waals surface area contributed by atoms with Crippen LogP contribution in [0.4, 0.5) is 10.1 Å². The predicted molar refractivity (Wildman–Crippen MR) is 79.5 cm³/mol. The van der Waals surface area contributed by atoms with E-state index in [2.05, 4.69) is 31.0 Å². The van der Waals surface area contributed by atoms with Gasteiger partial charge in [-0.1, -0.05) is 25.4 Å². The van der Waals surface area contributed by atoms with E-state index < -0.39 is 0 Å². The highest BCUT2D eigenvalue weighted by atomic mass is 35.5. The molecule has 1 aromatic rings. The normalized spacial score (nSPS) is 27.6. The number of benzene rings is 1. The predicted octanol–water partition coefficient (Wildman–Crippen LogP) is 3.69. The molecule has 106 valence electrons. The average molecular weight is 285 g/mol. The summed E-state index contributed by atoms with van der Waals surface area (Å²) in [5, 5.41) is 3.97. The van der Waals surface area contributed by atoms with Gasteiger partial charge in [0.25, 0.3) is 0 Å². The molecule has 0 aromatic heterocycles. The molecule has 3 unspecified atom stereocenters. The summed E-state index contributed by atoms with van der Waals surface area (Å²) in [7, 11) is 0. The molecule has 2 rings (SSSR count). The Morgan fingerprint density at radius 2 is 2.16 bits per heavy atom. The first-order chi connectivity index (χ1) is 9.04. The van der Waals surface area contributed by atoms with Gasteiger partial charge in [-0.25, -0.2) is 4.39 Å². The topological polar surface area (TPSA) is 15.3 Å². The van der Waals surface area contributed by atoms with Gasteiger partial charge in [-0.05, 0) is 44.0 Å². The molecule has 2 nitrogen and oxygen atoms in total. The van der Waals surface area contributed by atoms with Crippen molar-refractivity contribution in [2.24, 2.45) is 5.92 Å². The van der Waals surface area contributed by atoms with Gasteiger partial charge in [-0.15, -0.1) is 0 Å². The Morgan fingerprint density at radius 1 is 1.42 bits per heavy atom. The molecule has 1 aromatic carbocycles. The highest BCUT2D eigenvalue weighted by Gasteiger charge is 2.32. The lowest BCUT2D eigenvalue weighted by molar-refractivity contribution is 0.273. The highest BCUT2D eigenvalue weighted by Crippen LogP contribution is 2.31. The minimum Gasteiger partial charge on any atom is -0.366 e. The zero-order valence-corrected chi connectivity index (χ0v) is 12.5. The van der Waals surface area contributed by atoms with E-state index in [-0.39, 0.29) is 5.82 Å². The van der Waals surface area contributed by atoms with Gasteiger partial charge >= 0.3 is 0 Å². The summed E-state index contributed by atoms with van der Waals surface area (Å²) in [5.74, 6) is 0.261. The number of hydrogen-bond acceptors (Lipinski definition) is 2. The first-order valence-electron chi connectivity index (χ1n) is 6.99. The third-order valence-corrected chi connectivity index (χ3v) is 4.49. The van der Waals surface area contributed by atoms with Crippen LogP contribution in [0, 0.1) is 11.7 Å². The van der Waals surface area contributed by atoms with Crippen molar-refractivity contribution in [2.75, 3.05) is 18.0 Å². The Bertz CT molecular complexity index is 438. The summed E-state index contributed by atoms with van der Waals surface area (Å²) in [6, 6.07) is 5.77. The average Bonchev–Trinajstić information content (AvgIpc) is 2.37. The highest BCUT2D eigenvalue weighted by molar-refractivity contribution is 6.30. The summed E-state index contributed by atoms with van der Waals surface area (Å²) in [4.78, 5) is 2.16. The molecule has 1 aliphatic heterocycles. The van der Waals surface area contributed by atoms with Crippen LogP contribution in [0.2, 0.25) is 5.02 Å². The third kappa shape index (κ3) is 3.03. The SMILES string of the molecule is CCNC1CCN(c2ccc(Cl)cc2F)C(C)C1C. The second kappa shape index (κ2) is 6.10. The molecule has 1 heterocycles. The van der Waals surface area contributed by atoms with Gasteiger partial charge < -0.3 is 10.2 Å². The second-order valence-electron chi connectivity index (χ2n) is 5.34. The molecule has 0 bridgehead atoms. The van der Waals surface area contributed by atoms with Gasteiger partial charge in [0.1, 0.15) is 5.82 Å². The fourth-order valence-electron chi connectivity index (χ4n) is 2.97. The van der Waals surface area contributed by atoms with E-state index in [1.165, 1.54) is 6.07 Å². The summed E-state index contributed by atoms with van der Waals surface area (Å²) in [6.07, 6.45) is 1.04. The monoisotopic (exact) mass is 284 g/mol. The fraction of sp³-hybridized carbons (Fsp3) is 0.600. The standard InChI is InChI=1S/C15H22ClFN2/c1-4-18-14-7-8-19(11(3)10(14)2)15-6-5-12(16)9-13(15)17/h5-6,9-11,14,18H,4,7-8H2,1-3H3. The van der Waals surface area contributed by atoms with Gasteiger partial charge in [0.2, 0.25) is 0 Å². The first-order valence-corrected chi connectivity index (χ1v) is 7.37. The van der Waals surface area contributed by atoms with Crippen LogP contribution in [-0.4, -0.2) is 25.2 Å². The fourth-order valence-corrected chi connectivity index (χ4v) is 3.13. The Hall–Kier alpha value is -0.800. The van der Waals surface area contributed by atoms with Gasteiger partial charge in [-0.2, -0.15) is 0 Å². The number of rotatable bonds is 3. The van der Waals surface area contributed by atoms with Crippen molar-refractivity contribution >= 4 is 17.3 Å². The molecule has 1 fully saturated rings. The molecule has 0 amide bonds. The molecule has 1 saturated heterocycles. The maximum atomic E-state index is 14.0. The lowest BCUT2D eigenvalue weighted by Gasteiger charge is -2.44. The quantitative estimate of drug-likeness (QED) is 0.911. The third-order valence-electron chi connectivity index (χ3n) is 4.25. The molecule has 4 heteroatoms. The number of hydrogen-bond donors (Lipinski definition) is 1. The summed E-state index contributed by atoms with van der Waals surface area (Å²) < 4.78 is 14.0. The van der Waals surface area contributed by atoms with Crippen molar-refractivity contribution in [2.45, 2.75) is 39.3 Å². The van der Waals surface area contributed by atoms with E-state index >= 15 is 0 Å². The molecule has 1 aliphatic rings. The minimum atomic E-state index is -0.228. The van der Waals surface area contributed by atoms with E-state index in [4.69, 9.17) is 11.6 Å². The van der Waals surface area contributed by atoms with Crippen LogP contribution >= 0.6 is 11.6 Å². The van der Waals surface area contributed by atoms with E-state index in [1.54, 1.807) is 12.1 Å². The van der Waals surface area contributed by atoms with Crippen LogP contribution in [0.15, 0.2) is 18.2 Å². The van der Waals surface area contributed by atoms with Crippen molar-refractivity contribution in [3.63, 3.8) is 0 Å².